The normalized spacial score (nSPS) is 12.8. The second-order valence-electron chi connectivity index (χ2n) is 1.82. The molecule has 9 heteroatoms. The summed E-state index contributed by atoms with van der Waals surface area (Å²) in [7, 11) is -5.64. The molecular formula is C4H2F3NO4S. The van der Waals surface area contributed by atoms with Crippen molar-refractivity contribution in [2.24, 2.45) is 0 Å². The molecule has 5 nitrogen and oxygen atoms in total. The average Bonchev–Trinajstić information content (AvgIpc) is 2.35. The second kappa shape index (κ2) is 2.91. The SMILES string of the molecule is O=S(=O)(Oc1ccon1)C(F)(F)F. The van der Waals surface area contributed by atoms with E-state index in [1.807, 2.05) is 0 Å². The van der Waals surface area contributed by atoms with Crippen LogP contribution < -0.4 is 4.18 Å². The molecule has 0 saturated heterocycles. The molecule has 0 radical (unpaired) electrons. The van der Waals surface area contributed by atoms with E-state index in [0.29, 0.717) is 0 Å². The minimum Gasteiger partial charge on any atom is -0.361 e. The summed E-state index contributed by atoms with van der Waals surface area (Å²) < 4.78 is 63.2. The van der Waals surface area contributed by atoms with Gasteiger partial charge in [-0.05, 0) is 5.16 Å². The minimum atomic E-state index is -5.64. The molecular weight excluding hydrogens is 215 g/mol. The Morgan fingerprint density at radius 3 is 2.46 bits per heavy atom. The summed E-state index contributed by atoms with van der Waals surface area (Å²) in [5.74, 6) is -0.766. The van der Waals surface area contributed by atoms with E-state index in [-0.39, 0.29) is 0 Å². The van der Waals surface area contributed by atoms with Crippen LogP contribution in [0, 0.1) is 0 Å². The van der Waals surface area contributed by atoms with Gasteiger partial charge in [-0.2, -0.15) is 21.6 Å². The summed E-state index contributed by atoms with van der Waals surface area (Å²) in [6.07, 6.45) is 0.876. The number of hydrogen-bond donors (Lipinski definition) is 0. The van der Waals surface area contributed by atoms with Crippen molar-refractivity contribution < 1.29 is 30.3 Å². The third-order valence-electron chi connectivity index (χ3n) is 0.893. The van der Waals surface area contributed by atoms with Crippen molar-refractivity contribution in [3.8, 4) is 5.88 Å². The van der Waals surface area contributed by atoms with Crippen LogP contribution in [-0.2, 0) is 10.1 Å². The van der Waals surface area contributed by atoms with Gasteiger partial charge in [0.15, 0.2) is 0 Å². The van der Waals surface area contributed by atoms with Crippen molar-refractivity contribution in [3.05, 3.63) is 12.3 Å². The highest BCUT2D eigenvalue weighted by atomic mass is 32.2. The molecule has 13 heavy (non-hydrogen) atoms. The number of rotatable bonds is 2. The zero-order chi connectivity index (χ0) is 10.1. The fourth-order valence-electron chi connectivity index (χ4n) is 0.404. The number of aromatic nitrogens is 1. The first-order valence-corrected chi connectivity index (χ1v) is 4.15. The van der Waals surface area contributed by atoms with Gasteiger partial charge in [0.2, 0.25) is 0 Å². The van der Waals surface area contributed by atoms with Crippen LogP contribution in [-0.4, -0.2) is 19.1 Å². The van der Waals surface area contributed by atoms with Crippen LogP contribution in [0.15, 0.2) is 16.9 Å². The molecule has 0 amide bonds. The van der Waals surface area contributed by atoms with Gasteiger partial charge >= 0.3 is 15.6 Å². The topological polar surface area (TPSA) is 69.4 Å². The Hall–Kier alpha value is -1.25. The number of alkyl halides is 3. The van der Waals surface area contributed by atoms with Crippen molar-refractivity contribution in [2.45, 2.75) is 5.51 Å². The number of hydrogen-bond acceptors (Lipinski definition) is 5. The van der Waals surface area contributed by atoms with Crippen LogP contribution in [0.4, 0.5) is 13.2 Å². The lowest BCUT2D eigenvalue weighted by Gasteiger charge is -2.05. The maximum Gasteiger partial charge on any atom is 0.534 e. The first-order chi connectivity index (χ1) is 5.83. The highest BCUT2D eigenvalue weighted by Gasteiger charge is 2.49. The molecule has 0 fully saturated rings. The molecule has 1 aromatic heterocycles. The lowest BCUT2D eigenvalue weighted by atomic mass is 10.7. The number of nitrogens with zero attached hydrogens (tertiary/aromatic N) is 1. The molecule has 0 aliphatic carbocycles. The smallest absolute Gasteiger partial charge is 0.361 e. The summed E-state index contributed by atoms with van der Waals surface area (Å²) in [4.78, 5) is 0. The predicted octanol–water partition coefficient (Wildman–Crippen LogP) is 0.903. The third-order valence-corrected chi connectivity index (χ3v) is 1.85. The Labute approximate surface area is 70.2 Å². The van der Waals surface area contributed by atoms with Crippen molar-refractivity contribution in [1.29, 1.82) is 0 Å². The highest BCUT2D eigenvalue weighted by molar-refractivity contribution is 7.87. The van der Waals surface area contributed by atoms with Gasteiger partial charge in [-0.1, -0.05) is 0 Å². The Morgan fingerprint density at radius 2 is 2.08 bits per heavy atom. The molecule has 0 aliphatic heterocycles. The lowest BCUT2D eigenvalue weighted by Crippen LogP contribution is -2.28. The van der Waals surface area contributed by atoms with Crippen molar-refractivity contribution >= 4 is 10.1 Å². The first-order valence-electron chi connectivity index (χ1n) is 2.74. The Kier molecular flexibility index (Phi) is 2.20. The van der Waals surface area contributed by atoms with E-state index in [0.717, 1.165) is 12.3 Å². The van der Waals surface area contributed by atoms with Gasteiger partial charge in [0.1, 0.15) is 6.26 Å². The van der Waals surface area contributed by atoms with Crippen LogP contribution in [0.25, 0.3) is 0 Å². The van der Waals surface area contributed by atoms with Crippen LogP contribution >= 0.6 is 0 Å². The Morgan fingerprint density at radius 1 is 1.46 bits per heavy atom. The van der Waals surface area contributed by atoms with Crippen LogP contribution in [0.3, 0.4) is 0 Å². The van der Waals surface area contributed by atoms with E-state index in [1.165, 1.54) is 0 Å². The van der Waals surface area contributed by atoms with E-state index in [4.69, 9.17) is 0 Å². The monoisotopic (exact) mass is 217 g/mol. The molecule has 1 heterocycles. The summed E-state index contributed by atoms with van der Waals surface area (Å²) in [6, 6.07) is 0.837. The molecule has 0 aromatic carbocycles. The molecule has 1 rings (SSSR count). The minimum absolute atomic E-state index is 0.766. The maximum atomic E-state index is 11.7. The van der Waals surface area contributed by atoms with Crippen molar-refractivity contribution in [3.63, 3.8) is 0 Å². The molecule has 0 unspecified atom stereocenters. The lowest BCUT2D eigenvalue weighted by molar-refractivity contribution is -0.0502. The summed E-state index contributed by atoms with van der Waals surface area (Å²) in [6.45, 7) is 0. The van der Waals surface area contributed by atoms with Gasteiger partial charge in [-0.3, -0.25) is 0 Å². The third kappa shape index (κ3) is 2.11. The Balaban J connectivity index is 2.87. The molecule has 1 aromatic rings. The summed E-state index contributed by atoms with van der Waals surface area (Å²) in [5, 5.41) is 2.84. The van der Waals surface area contributed by atoms with Crippen LogP contribution in [0.1, 0.15) is 0 Å². The molecule has 0 bridgehead atoms. The molecule has 0 saturated carbocycles. The zero-order valence-corrected chi connectivity index (χ0v) is 6.59. The molecule has 0 atom stereocenters. The summed E-state index contributed by atoms with van der Waals surface area (Å²) >= 11 is 0. The second-order valence-corrected chi connectivity index (χ2v) is 3.36. The highest BCUT2D eigenvalue weighted by Crippen LogP contribution is 2.25. The van der Waals surface area contributed by atoms with E-state index < -0.39 is 21.5 Å². The van der Waals surface area contributed by atoms with Gasteiger partial charge in [0.05, 0.1) is 0 Å². The molecule has 0 N–H and O–H groups in total. The van der Waals surface area contributed by atoms with Crippen molar-refractivity contribution in [2.75, 3.05) is 0 Å². The molecule has 74 valence electrons. The fraction of sp³-hybridized carbons (Fsp3) is 0.250. The predicted molar refractivity (Wildman–Crippen MR) is 32.1 cm³/mol. The van der Waals surface area contributed by atoms with Gasteiger partial charge in [-0.15, -0.1) is 0 Å². The van der Waals surface area contributed by atoms with E-state index in [1.54, 1.807) is 0 Å². The van der Waals surface area contributed by atoms with E-state index in [9.17, 15) is 21.6 Å². The standard InChI is InChI=1S/C4H2F3NO4S/c5-4(6,7)13(9,10)12-3-1-2-11-8-3/h1-2H. The number of halogens is 3. The molecule has 0 spiro atoms. The average molecular weight is 217 g/mol. The zero-order valence-electron chi connectivity index (χ0n) is 5.78. The van der Waals surface area contributed by atoms with E-state index in [2.05, 4.69) is 13.9 Å². The molecule has 0 aliphatic rings. The maximum absolute atomic E-state index is 11.7. The van der Waals surface area contributed by atoms with Crippen LogP contribution in [0.2, 0.25) is 0 Å². The van der Waals surface area contributed by atoms with E-state index >= 15 is 0 Å². The van der Waals surface area contributed by atoms with Gasteiger partial charge in [0, 0.05) is 6.07 Å². The largest absolute Gasteiger partial charge is 0.534 e. The quantitative estimate of drug-likeness (QED) is 0.543. The van der Waals surface area contributed by atoms with Crippen molar-refractivity contribution in [1.82, 2.24) is 5.16 Å². The summed E-state index contributed by atoms with van der Waals surface area (Å²) in [5.41, 5.74) is -5.47. The Bertz CT molecular complexity index is 367. The van der Waals surface area contributed by atoms with Gasteiger partial charge in [-0.25, -0.2) is 0 Å². The van der Waals surface area contributed by atoms with Gasteiger partial charge in [0.25, 0.3) is 5.88 Å². The van der Waals surface area contributed by atoms with Crippen LogP contribution in [0.5, 0.6) is 5.88 Å². The van der Waals surface area contributed by atoms with Gasteiger partial charge < -0.3 is 8.71 Å². The fourth-order valence-corrected chi connectivity index (χ4v) is 0.809. The first kappa shape index (κ1) is 9.84.